The lowest BCUT2D eigenvalue weighted by molar-refractivity contribution is 0.464. The third-order valence-corrected chi connectivity index (χ3v) is 3.94. The Balaban J connectivity index is 1.97. The summed E-state index contributed by atoms with van der Waals surface area (Å²) in [6, 6.07) is 5.18. The van der Waals surface area contributed by atoms with Gasteiger partial charge in [-0.25, -0.2) is 0 Å². The number of phenols is 1. The van der Waals surface area contributed by atoms with E-state index in [4.69, 9.17) is 11.6 Å². The molecule has 0 spiro atoms. The van der Waals surface area contributed by atoms with E-state index in [0.29, 0.717) is 11.6 Å². The standard InChI is InChI=1S/C13H14ClNOS/c1-9-7-17-8-10(9)5-15-6-11-12(14)3-2-4-13(11)16/h2-4,7-8,15-16H,5-6H2,1H3. The van der Waals surface area contributed by atoms with Gasteiger partial charge in [-0.3, -0.25) is 0 Å². The third kappa shape index (κ3) is 3.00. The monoisotopic (exact) mass is 267 g/mol. The average Bonchev–Trinajstić information content (AvgIpc) is 2.69. The maximum atomic E-state index is 9.68. The van der Waals surface area contributed by atoms with Gasteiger partial charge < -0.3 is 10.4 Å². The van der Waals surface area contributed by atoms with Crippen LogP contribution in [0, 0.1) is 6.92 Å². The molecule has 0 aliphatic carbocycles. The van der Waals surface area contributed by atoms with Crippen molar-refractivity contribution in [2.24, 2.45) is 0 Å². The lowest BCUT2D eigenvalue weighted by Gasteiger charge is -2.08. The van der Waals surface area contributed by atoms with Gasteiger partial charge in [0.05, 0.1) is 0 Å². The Morgan fingerprint density at radius 1 is 1.29 bits per heavy atom. The number of phenolic OH excluding ortho intramolecular Hbond substituents is 1. The SMILES string of the molecule is Cc1cscc1CNCc1c(O)cccc1Cl. The normalized spacial score (nSPS) is 10.7. The van der Waals surface area contributed by atoms with Crippen molar-refractivity contribution >= 4 is 22.9 Å². The topological polar surface area (TPSA) is 32.3 Å². The molecule has 2 aromatic rings. The molecule has 0 amide bonds. The lowest BCUT2D eigenvalue weighted by atomic mass is 10.2. The zero-order valence-electron chi connectivity index (χ0n) is 9.53. The Kier molecular flexibility index (Phi) is 4.05. The van der Waals surface area contributed by atoms with Gasteiger partial charge in [0.15, 0.2) is 0 Å². The highest BCUT2D eigenvalue weighted by Crippen LogP contribution is 2.25. The maximum absolute atomic E-state index is 9.68. The molecule has 0 atom stereocenters. The van der Waals surface area contributed by atoms with E-state index in [2.05, 4.69) is 23.0 Å². The highest BCUT2D eigenvalue weighted by Gasteiger charge is 2.06. The highest BCUT2D eigenvalue weighted by atomic mass is 35.5. The van der Waals surface area contributed by atoms with Gasteiger partial charge in [-0.1, -0.05) is 17.7 Å². The molecule has 0 saturated carbocycles. The van der Waals surface area contributed by atoms with Crippen LogP contribution in [0.1, 0.15) is 16.7 Å². The van der Waals surface area contributed by atoms with Gasteiger partial charge in [0.25, 0.3) is 0 Å². The number of nitrogens with one attached hydrogen (secondary N) is 1. The van der Waals surface area contributed by atoms with Gasteiger partial charge in [0.2, 0.25) is 0 Å². The summed E-state index contributed by atoms with van der Waals surface area (Å²) in [5.74, 6) is 0.243. The van der Waals surface area contributed by atoms with Gasteiger partial charge in [-0.15, -0.1) is 0 Å². The predicted molar refractivity (Wildman–Crippen MR) is 72.7 cm³/mol. The van der Waals surface area contributed by atoms with Crippen LogP contribution in [0.15, 0.2) is 29.0 Å². The molecule has 1 aromatic carbocycles. The van der Waals surface area contributed by atoms with E-state index in [1.54, 1.807) is 29.5 Å². The van der Waals surface area contributed by atoms with Crippen molar-refractivity contribution in [3.05, 3.63) is 50.7 Å². The van der Waals surface area contributed by atoms with Gasteiger partial charge in [0, 0.05) is 23.7 Å². The first-order valence-corrected chi connectivity index (χ1v) is 6.69. The van der Waals surface area contributed by atoms with Crippen LogP contribution < -0.4 is 5.32 Å². The molecule has 17 heavy (non-hydrogen) atoms. The van der Waals surface area contributed by atoms with Crippen LogP contribution in [0.2, 0.25) is 5.02 Å². The third-order valence-electron chi connectivity index (χ3n) is 2.67. The summed E-state index contributed by atoms with van der Waals surface area (Å²) in [5.41, 5.74) is 3.34. The number of hydrogen-bond acceptors (Lipinski definition) is 3. The van der Waals surface area contributed by atoms with E-state index in [1.807, 2.05) is 0 Å². The van der Waals surface area contributed by atoms with E-state index in [0.717, 1.165) is 12.1 Å². The molecule has 0 aliphatic heterocycles. The number of hydrogen-bond donors (Lipinski definition) is 2. The van der Waals surface area contributed by atoms with Crippen molar-refractivity contribution < 1.29 is 5.11 Å². The van der Waals surface area contributed by atoms with Crippen molar-refractivity contribution in [2.75, 3.05) is 0 Å². The fourth-order valence-electron chi connectivity index (χ4n) is 1.61. The number of thiophene rings is 1. The van der Waals surface area contributed by atoms with Gasteiger partial charge in [0.1, 0.15) is 5.75 Å². The molecule has 0 fully saturated rings. The molecule has 1 heterocycles. The summed E-state index contributed by atoms with van der Waals surface area (Å²) in [4.78, 5) is 0. The van der Waals surface area contributed by atoms with E-state index in [1.165, 1.54) is 11.1 Å². The molecular formula is C13H14ClNOS. The molecule has 0 unspecified atom stereocenters. The van der Waals surface area contributed by atoms with E-state index < -0.39 is 0 Å². The smallest absolute Gasteiger partial charge is 0.121 e. The lowest BCUT2D eigenvalue weighted by Crippen LogP contribution is -2.13. The summed E-state index contributed by atoms with van der Waals surface area (Å²) in [6.07, 6.45) is 0. The number of rotatable bonds is 4. The first-order valence-electron chi connectivity index (χ1n) is 5.37. The summed E-state index contributed by atoms with van der Waals surface area (Å²) < 4.78 is 0. The number of benzene rings is 1. The Labute approximate surface area is 110 Å². The molecule has 1 aromatic heterocycles. The van der Waals surface area contributed by atoms with Crippen LogP contribution in [0.3, 0.4) is 0 Å². The zero-order valence-corrected chi connectivity index (χ0v) is 11.1. The van der Waals surface area contributed by atoms with E-state index in [9.17, 15) is 5.11 Å². The number of halogens is 1. The molecular weight excluding hydrogens is 254 g/mol. The minimum absolute atomic E-state index is 0.243. The number of aromatic hydroxyl groups is 1. The molecule has 2 N–H and O–H groups in total. The second-order valence-electron chi connectivity index (χ2n) is 3.92. The van der Waals surface area contributed by atoms with Gasteiger partial charge in [-0.05, 0) is 40.9 Å². The Morgan fingerprint density at radius 3 is 2.76 bits per heavy atom. The van der Waals surface area contributed by atoms with Gasteiger partial charge in [-0.2, -0.15) is 11.3 Å². The largest absolute Gasteiger partial charge is 0.508 e. The molecule has 90 valence electrons. The van der Waals surface area contributed by atoms with Gasteiger partial charge >= 0.3 is 0 Å². The first-order chi connectivity index (χ1) is 8.18. The fraction of sp³-hybridized carbons (Fsp3) is 0.231. The van der Waals surface area contributed by atoms with Crippen LogP contribution in [-0.4, -0.2) is 5.11 Å². The molecule has 0 radical (unpaired) electrons. The fourth-order valence-corrected chi connectivity index (χ4v) is 2.71. The number of aryl methyl sites for hydroxylation is 1. The molecule has 0 aliphatic rings. The zero-order chi connectivity index (χ0) is 12.3. The molecule has 4 heteroatoms. The minimum Gasteiger partial charge on any atom is -0.508 e. The second-order valence-corrected chi connectivity index (χ2v) is 5.07. The predicted octanol–water partition coefficient (Wildman–Crippen LogP) is 3.71. The van der Waals surface area contributed by atoms with Crippen molar-refractivity contribution in [1.82, 2.24) is 5.32 Å². The quantitative estimate of drug-likeness (QED) is 0.885. The Bertz CT molecular complexity index is 490. The Morgan fingerprint density at radius 2 is 2.12 bits per heavy atom. The first kappa shape index (κ1) is 12.4. The van der Waals surface area contributed by atoms with E-state index in [-0.39, 0.29) is 5.75 Å². The van der Waals surface area contributed by atoms with Crippen molar-refractivity contribution in [3.63, 3.8) is 0 Å². The summed E-state index contributed by atoms with van der Waals surface area (Å²) in [6.45, 7) is 3.46. The van der Waals surface area contributed by atoms with Crippen molar-refractivity contribution in [1.29, 1.82) is 0 Å². The molecule has 0 bridgehead atoms. The minimum atomic E-state index is 0.243. The summed E-state index contributed by atoms with van der Waals surface area (Å²) >= 11 is 7.73. The van der Waals surface area contributed by atoms with Crippen LogP contribution in [0.4, 0.5) is 0 Å². The summed E-state index contributed by atoms with van der Waals surface area (Å²) in [7, 11) is 0. The molecule has 0 saturated heterocycles. The Hall–Kier alpha value is -1.03. The van der Waals surface area contributed by atoms with Crippen LogP contribution in [0.5, 0.6) is 5.75 Å². The van der Waals surface area contributed by atoms with Crippen LogP contribution >= 0.6 is 22.9 Å². The van der Waals surface area contributed by atoms with Crippen molar-refractivity contribution in [3.8, 4) is 5.75 Å². The van der Waals surface area contributed by atoms with Crippen LogP contribution in [0.25, 0.3) is 0 Å². The average molecular weight is 268 g/mol. The van der Waals surface area contributed by atoms with Crippen molar-refractivity contribution in [2.45, 2.75) is 20.0 Å². The van der Waals surface area contributed by atoms with Crippen LogP contribution in [-0.2, 0) is 13.1 Å². The van der Waals surface area contributed by atoms with E-state index >= 15 is 0 Å². The maximum Gasteiger partial charge on any atom is 0.121 e. The second kappa shape index (κ2) is 5.54. The summed E-state index contributed by atoms with van der Waals surface area (Å²) in [5, 5.41) is 17.8. The molecule has 2 rings (SSSR count). The molecule has 2 nitrogen and oxygen atoms in total. The highest BCUT2D eigenvalue weighted by molar-refractivity contribution is 7.08.